The third-order valence-electron chi connectivity index (χ3n) is 5.61. The molecule has 4 heteroatoms. The zero-order valence-electron chi connectivity index (χ0n) is 16.3. The van der Waals surface area contributed by atoms with Crippen molar-refractivity contribution in [3.05, 3.63) is 23.8 Å². The molecule has 0 aromatic heterocycles. The van der Waals surface area contributed by atoms with Gasteiger partial charge in [-0.15, -0.1) is 0 Å². The molecule has 140 valence electrons. The average Bonchev–Trinajstić information content (AvgIpc) is 3.43. The van der Waals surface area contributed by atoms with Gasteiger partial charge in [-0.25, -0.2) is 0 Å². The molecule has 1 aliphatic heterocycles. The van der Waals surface area contributed by atoms with Crippen molar-refractivity contribution >= 4 is 0 Å². The van der Waals surface area contributed by atoms with Crippen LogP contribution in [0, 0.1) is 11.8 Å². The molecule has 0 bridgehead atoms. The Bertz CT molecular complexity index is 535. The Morgan fingerprint density at radius 1 is 1.04 bits per heavy atom. The van der Waals surface area contributed by atoms with Crippen LogP contribution in [0.4, 0.5) is 0 Å². The molecule has 2 aliphatic rings. The summed E-state index contributed by atoms with van der Waals surface area (Å²) < 4.78 is 10.9. The quantitative estimate of drug-likeness (QED) is 0.752. The van der Waals surface area contributed by atoms with Crippen LogP contribution in [-0.4, -0.2) is 56.2 Å². The predicted molar refractivity (Wildman–Crippen MR) is 102 cm³/mol. The number of benzene rings is 1. The molecule has 1 heterocycles. The van der Waals surface area contributed by atoms with Gasteiger partial charge in [0.05, 0.1) is 14.2 Å². The third kappa shape index (κ3) is 5.11. The van der Waals surface area contributed by atoms with Gasteiger partial charge in [0.1, 0.15) is 11.5 Å². The lowest BCUT2D eigenvalue weighted by Gasteiger charge is -2.34. The van der Waals surface area contributed by atoms with Crippen molar-refractivity contribution in [2.75, 3.05) is 40.4 Å². The van der Waals surface area contributed by atoms with E-state index in [9.17, 15) is 0 Å². The summed E-state index contributed by atoms with van der Waals surface area (Å²) in [5.74, 6) is 3.41. The van der Waals surface area contributed by atoms with Crippen LogP contribution in [0.1, 0.15) is 38.7 Å². The van der Waals surface area contributed by atoms with Crippen LogP contribution in [-0.2, 0) is 6.54 Å². The summed E-state index contributed by atoms with van der Waals surface area (Å²) in [5, 5.41) is 0. The largest absolute Gasteiger partial charge is 0.497 e. The van der Waals surface area contributed by atoms with Gasteiger partial charge in [0.25, 0.3) is 0 Å². The molecule has 1 aromatic carbocycles. The van der Waals surface area contributed by atoms with Crippen LogP contribution in [0.3, 0.4) is 0 Å². The maximum absolute atomic E-state index is 5.43. The summed E-state index contributed by atoms with van der Waals surface area (Å²) in [7, 11) is 3.43. The van der Waals surface area contributed by atoms with Crippen LogP contribution in [0.5, 0.6) is 11.5 Å². The van der Waals surface area contributed by atoms with E-state index in [4.69, 9.17) is 9.47 Å². The minimum atomic E-state index is 0.663. The van der Waals surface area contributed by atoms with E-state index in [2.05, 4.69) is 35.8 Å². The molecule has 1 atom stereocenters. The lowest BCUT2D eigenvalue weighted by molar-refractivity contribution is 0.132. The Kier molecular flexibility index (Phi) is 6.24. The van der Waals surface area contributed by atoms with E-state index in [1.165, 1.54) is 44.5 Å². The zero-order valence-corrected chi connectivity index (χ0v) is 16.3. The minimum Gasteiger partial charge on any atom is -0.497 e. The molecule has 1 saturated carbocycles. The fourth-order valence-corrected chi connectivity index (χ4v) is 3.99. The number of rotatable bonds is 7. The maximum atomic E-state index is 5.43. The van der Waals surface area contributed by atoms with Crippen molar-refractivity contribution in [1.82, 2.24) is 9.80 Å². The molecule has 4 nitrogen and oxygen atoms in total. The molecule has 3 rings (SSSR count). The molecular weight excluding hydrogens is 312 g/mol. The van der Waals surface area contributed by atoms with E-state index < -0.39 is 0 Å². The van der Waals surface area contributed by atoms with Crippen molar-refractivity contribution in [2.45, 2.75) is 45.7 Å². The molecule has 0 amide bonds. The van der Waals surface area contributed by atoms with Crippen molar-refractivity contribution in [2.24, 2.45) is 11.8 Å². The fraction of sp³-hybridized carbons (Fsp3) is 0.714. The Morgan fingerprint density at radius 2 is 1.72 bits per heavy atom. The average molecular weight is 347 g/mol. The van der Waals surface area contributed by atoms with Gasteiger partial charge in [-0.05, 0) is 61.9 Å². The van der Waals surface area contributed by atoms with Gasteiger partial charge < -0.3 is 9.47 Å². The first-order valence-corrected chi connectivity index (χ1v) is 9.77. The Labute approximate surface area is 153 Å². The number of methoxy groups -OCH3 is 2. The second kappa shape index (κ2) is 8.41. The van der Waals surface area contributed by atoms with Gasteiger partial charge in [-0.1, -0.05) is 13.8 Å². The topological polar surface area (TPSA) is 24.9 Å². The van der Waals surface area contributed by atoms with E-state index in [1.807, 2.05) is 6.07 Å². The standard InChI is InChI=1S/C21H34N2O2/c1-16(2)21-15-22(8-5-9-23(21)14-17-6-7-17)13-18-10-19(24-3)12-20(11-18)25-4/h10-12,16-17,21H,5-9,13-15H2,1-4H3/t21-/m1/s1. The van der Waals surface area contributed by atoms with Crippen LogP contribution in [0.15, 0.2) is 18.2 Å². The van der Waals surface area contributed by atoms with Crippen LogP contribution < -0.4 is 9.47 Å². The Morgan fingerprint density at radius 3 is 2.28 bits per heavy atom. The Hall–Kier alpha value is -1.26. The third-order valence-corrected chi connectivity index (χ3v) is 5.61. The molecule has 0 spiro atoms. The van der Waals surface area contributed by atoms with Gasteiger partial charge in [0, 0.05) is 31.7 Å². The van der Waals surface area contributed by atoms with E-state index in [-0.39, 0.29) is 0 Å². The first-order valence-electron chi connectivity index (χ1n) is 9.77. The molecule has 2 fully saturated rings. The fourth-order valence-electron chi connectivity index (χ4n) is 3.99. The van der Waals surface area contributed by atoms with Gasteiger partial charge in [-0.3, -0.25) is 9.80 Å². The summed E-state index contributed by atoms with van der Waals surface area (Å²) in [6.07, 6.45) is 4.14. The number of nitrogens with zero attached hydrogens (tertiary/aromatic N) is 2. The summed E-state index contributed by atoms with van der Waals surface area (Å²) in [6.45, 7) is 10.6. The van der Waals surface area contributed by atoms with Gasteiger partial charge >= 0.3 is 0 Å². The molecular formula is C21H34N2O2. The van der Waals surface area contributed by atoms with Crippen molar-refractivity contribution in [1.29, 1.82) is 0 Å². The highest BCUT2D eigenvalue weighted by atomic mass is 16.5. The Balaban J connectivity index is 1.69. The van der Waals surface area contributed by atoms with Crippen molar-refractivity contribution in [3.8, 4) is 11.5 Å². The predicted octanol–water partition coefficient (Wildman–Crippen LogP) is 3.65. The maximum Gasteiger partial charge on any atom is 0.122 e. The molecule has 1 saturated heterocycles. The minimum absolute atomic E-state index is 0.663. The van der Waals surface area contributed by atoms with Crippen LogP contribution >= 0.6 is 0 Å². The number of hydrogen-bond donors (Lipinski definition) is 0. The molecule has 0 radical (unpaired) electrons. The summed E-state index contributed by atoms with van der Waals surface area (Å²) in [4.78, 5) is 5.39. The molecule has 1 aromatic rings. The lowest BCUT2D eigenvalue weighted by Crippen LogP contribution is -2.45. The van der Waals surface area contributed by atoms with Crippen molar-refractivity contribution in [3.63, 3.8) is 0 Å². The molecule has 25 heavy (non-hydrogen) atoms. The second-order valence-corrected chi connectivity index (χ2v) is 8.06. The highest BCUT2D eigenvalue weighted by Crippen LogP contribution is 2.32. The first-order chi connectivity index (χ1) is 12.1. The van der Waals surface area contributed by atoms with E-state index in [0.717, 1.165) is 30.5 Å². The normalized spacial score (nSPS) is 22.8. The lowest BCUT2D eigenvalue weighted by atomic mass is 10.0. The number of ether oxygens (including phenoxy) is 2. The van der Waals surface area contributed by atoms with Crippen LogP contribution in [0.2, 0.25) is 0 Å². The monoisotopic (exact) mass is 346 g/mol. The van der Waals surface area contributed by atoms with E-state index in [1.54, 1.807) is 14.2 Å². The molecule has 0 N–H and O–H groups in total. The smallest absolute Gasteiger partial charge is 0.122 e. The van der Waals surface area contributed by atoms with Crippen molar-refractivity contribution < 1.29 is 9.47 Å². The van der Waals surface area contributed by atoms with Gasteiger partial charge in [-0.2, -0.15) is 0 Å². The highest BCUT2D eigenvalue weighted by molar-refractivity contribution is 5.38. The van der Waals surface area contributed by atoms with Crippen LogP contribution in [0.25, 0.3) is 0 Å². The zero-order chi connectivity index (χ0) is 17.8. The molecule has 1 aliphatic carbocycles. The summed E-state index contributed by atoms with van der Waals surface area (Å²) >= 11 is 0. The van der Waals surface area contributed by atoms with Gasteiger partial charge in [0.2, 0.25) is 0 Å². The number of hydrogen-bond acceptors (Lipinski definition) is 4. The van der Waals surface area contributed by atoms with Gasteiger partial charge in [0.15, 0.2) is 0 Å². The molecule has 0 unspecified atom stereocenters. The van der Waals surface area contributed by atoms with E-state index in [0.29, 0.717) is 12.0 Å². The summed E-state index contributed by atoms with van der Waals surface area (Å²) in [6, 6.07) is 6.88. The SMILES string of the molecule is COc1cc(CN2CCCN(CC3CC3)[C@@H](C(C)C)C2)cc(OC)c1. The highest BCUT2D eigenvalue weighted by Gasteiger charge is 2.32. The van der Waals surface area contributed by atoms with E-state index >= 15 is 0 Å². The first kappa shape index (κ1) is 18.5. The second-order valence-electron chi connectivity index (χ2n) is 8.06. The summed E-state index contributed by atoms with van der Waals surface area (Å²) in [5.41, 5.74) is 1.27.